The third-order valence-corrected chi connectivity index (χ3v) is 5.75. The van der Waals surface area contributed by atoms with Crippen LogP contribution in [0.25, 0.3) is 0 Å². The Morgan fingerprint density at radius 1 is 1.38 bits per heavy atom. The molecule has 0 bridgehead atoms. The molecule has 0 N–H and O–H groups in total. The number of aromatic nitrogens is 2. The fourth-order valence-electron chi connectivity index (χ4n) is 4.07. The third-order valence-electron chi connectivity index (χ3n) is 5.46. The predicted molar refractivity (Wildman–Crippen MR) is 104 cm³/mol. The van der Waals surface area contributed by atoms with E-state index in [1.165, 1.54) is 12.8 Å². The van der Waals surface area contributed by atoms with E-state index in [1.807, 2.05) is 28.7 Å². The van der Waals surface area contributed by atoms with Gasteiger partial charge in [0.2, 0.25) is 0 Å². The molecule has 2 aromatic rings. The maximum atomic E-state index is 13.3. The summed E-state index contributed by atoms with van der Waals surface area (Å²) in [7, 11) is 1.63. The molecule has 1 saturated carbocycles. The number of benzene rings is 1. The first kappa shape index (κ1) is 17.4. The topological polar surface area (TPSA) is 47.4 Å². The summed E-state index contributed by atoms with van der Waals surface area (Å²) in [5.41, 5.74) is 2.82. The minimum atomic E-state index is -0.0194. The minimum absolute atomic E-state index is 0.0194. The quantitative estimate of drug-likeness (QED) is 0.785. The highest BCUT2D eigenvalue weighted by molar-refractivity contribution is 6.33. The number of methoxy groups -OCH3 is 1. The van der Waals surface area contributed by atoms with Crippen LogP contribution in [0.3, 0.4) is 0 Å². The maximum absolute atomic E-state index is 13.3. The zero-order valence-corrected chi connectivity index (χ0v) is 16.2. The number of ether oxygens (including phenoxy) is 1. The molecule has 5 nitrogen and oxygen atoms in total. The van der Waals surface area contributed by atoms with Crippen LogP contribution in [0.4, 0.5) is 11.5 Å². The number of fused-ring (bicyclic) bond motifs is 1. The molecule has 6 heteroatoms. The van der Waals surface area contributed by atoms with Gasteiger partial charge in [0, 0.05) is 24.8 Å². The molecule has 2 heterocycles. The molecule has 1 atom stereocenters. The van der Waals surface area contributed by atoms with E-state index in [1.54, 1.807) is 13.2 Å². The van der Waals surface area contributed by atoms with Crippen LogP contribution >= 0.6 is 11.6 Å². The van der Waals surface area contributed by atoms with Crippen molar-refractivity contribution in [3.05, 3.63) is 45.0 Å². The lowest BCUT2D eigenvalue weighted by Crippen LogP contribution is -2.32. The van der Waals surface area contributed by atoms with Crippen molar-refractivity contribution in [1.29, 1.82) is 0 Å². The lowest BCUT2D eigenvalue weighted by Gasteiger charge is -2.23. The van der Waals surface area contributed by atoms with Gasteiger partial charge in [0.25, 0.3) is 5.56 Å². The van der Waals surface area contributed by atoms with Crippen LogP contribution in [0.5, 0.6) is 5.75 Å². The molecule has 1 fully saturated rings. The first-order valence-corrected chi connectivity index (χ1v) is 9.65. The normalized spacial score (nSPS) is 17.3. The standard InChI is InChI=1S/C20H24ClN3O2/c1-4-17(13-5-6-13)24-11-12(2)22-19(20(24)25)23-8-7-14-9-15(26-3)10-16(21)18(14)23/h9-11,13,17H,4-8H2,1-3H3/t17-/m1/s1. The van der Waals surface area contributed by atoms with Gasteiger partial charge in [-0.25, -0.2) is 4.98 Å². The second kappa shape index (κ2) is 6.62. The highest BCUT2D eigenvalue weighted by Gasteiger charge is 2.34. The average Bonchev–Trinajstić information content (AvgIpc) is 3.36. The number of anilines is 2. The highest BCUT2D eigenvalue weighted by Crippen LogP contribution is 2.43. The van der Waals surface area contributed by atoms with E-state index < -0.39 is 0 Å². The van der Waals surface area contributed by atoms with Crippen LogP contribution in [-0.4, -0.2) is 23.2 Å². The van der Waals surface area contributed by atoms with E-state index in [0.717, 1.165) is 35.5 Å². The number of rotatable bonds is 5. The average molecular weight is 374 g/mol. The van der Waals surface area contributed by atoms with Gasteiger partial charge < -0.3 is 14.2 Å². The Labute approximate surface area is 158 Å². The minimum Gasteiger partial charge on any atom is -0.497 e. The van der Waals surface area contributed by atoms with Crippen molar-refractivity contribution in [3.8, 4) is 5.75 Å². The summed E-state index contributed by atoms with van der Waals surface area (Å²) in [6, 6.07) is 4.05. The second-order valence-corrected chi connectivity index (χ2v) is 7.66. The maximum Gasteiger partial charge on any atom is 0.294 e. The third kappa shape index (κ3) is 2.88. The number of hydrogen-bond acceptors (Lipinski definition) is 4. The lowest BCUT2D eigenvalue weighted by atomic mass is 10.1. The van der Waals surface area contributed by atoms with Gasteiger partial charge in [0.05, 0.1) is 23.5 Å². The van der Waals surface area contributed by atoms with Gasteiger partial charge in [-0.15, -0.1) is 0 Å². The number of hydrogen-bond donors (Lipinski definition) is 0. The molecule has 1 aromatic heterocycles. The molecule has 0 spiro atoms. The van der Waals surface area contributed by atoms with Crippen LogP contribution in [0.2, 0.25) is 5.02 Å². The Morgan fingerprint density at radius 2 is 2.15 bits per heavy atom. The summed E-state index contributed by atoms with van der Waals surface area (Å²) < 4.78 is 7.23. The van der Waals surface area contributed by atoms with Crippen molar-refractivity contribution in [3.63, 3.8) is 0 Å². The zero-order valence-electron chi connectivity index (χ0n) is 15.5. The van der Waals surface area contributed by atoms with Gasteiger partial charge in [-0.2, -0.15) is 0 Å². The Bertz CT molecular complexity index is 905. The summed E-state index contributed by atoms with van der Waals surface area (Å²) in [5, 5.41) is 0.598. The van der Waals surface area contributed by atoms with Gasteiger partial charge in [-0.3, -0.25) is 4.79 Å². The largest absolute Gasteiger partial charge is 0.497 e. The highest BCUT2D eigenvalue weighted by atomic mass is 35.5. The molecular formula is C20H24ClN3O2. The van der Waals surface area contributed by atoms with E-state index in [0.29, 0.717) is 23.3 Å². The number of halogens is 1. The van der Waals surface area contributed by atoms with Crippen molar-refractivity contribution in [2.24, 2.45) is 5.92 Å². The van der Waals surface area contributed by atoms with Crippen LogP contribution < -0.4 is 15.2 Å². The van der Waals surface area contributed by atoms with Crippen molar-refractivity contribution >= 4 is 23.1 Å². The van der Waals surface area contributed by atoms with E-state index in [-0.39, 0.29) is 11.6 Å². The van der Waals surface area contributed by atoms with Crippen molar-refractivity contribution in [2.45, 2.75) is 45.6 Å². The van der Waals surface area contributed by atoms with E-state index in [2.05, 4.69) is 11.9 Å². The Morgan fingerprint density at radius 3 is 2.81 bits per heavy atom. The van der Waals surface area contributed by atoms with Gasteiger partial charge in [0.15, 0.2) is 5.82 Å². The van der Waals surface area contributed by atoms with Crippen molar-refractivity contribution < 1.29 is 4.74 Å². The lowest BCUT2D eigenvalue weighted by molar-refractivity contribution is 0.414. The SMILES string of the molecule is CC[C@H](C1CC1)n1cc(C)nc(N2CCc3cc(OC)cc(Cl)c32)c1=O. The Balaban J connectivity index is 1.81. The second-order valence-electron chi connectivity index (χ2n) is 7.25. The van der Waals surface area contributed by atoms with E-state index in [4.69, 9.17) is 16.3 Å². The molecule has 0 radical (unpaired) electrons. The van der Waals surface area contributed by atoms with Crippen LogP contribution in [0, 0.1) is 12.8 Å². The predicted octanol–water partition coefficient (Wildman–Crippen LogP) is 4.27. The fourth-order valence-corrected chi connectivity index (χ4v) is 4.41. The van der Waals surface area contributed by atoms with Crippen LogP contribution in [0.1, 0.15) is 43.5 Å². The summed E-state index contributed by atoms with van der Waals surface area (Å²) in [6.07, 6.45) is 6.10. The van der Waals surface area contributed by atoms with Gasteiger partial charge in [0.1, 0.15) is 5.75 Å². The Hall–Kier alpha value is -2.01. The molecule has 1 aliphatic heterocycles. The molecule has 1 aromatic carbocycles. The molecular weight excluding hydrogens is 350 g/mol. The van der Waals surface area contributed by atoms with Gasteiger partial charge in [-0.05, 0) is 50.2 Å². The monoisotopic (exact) mass is 373 g/mol. The van der Waals surface area contributed by atoms with E-state index in [9.17, 15) is 4.79 Å². The first-order chi connectivity index (χ1) is 12.5. The summed E-state index contributed by atoms with van der Waals surface area (Å²) >= 11 is 6.52. The summed E-state index contributed by atoms with van der Waals surface area (Å²) in [6.45, 7) is 4.80. The van der Waals surface area contributed by atoms with Gasteiger partial charge >= 0.3 is 0 Å². The molecule has 26 heavy (non-hydrogen) atoms. The van der Waals surface area contributed by atoms with E-state index >= 15 is 0 Å². The van der Waals surface area contributed by atoms with Crippen LogP contribution in [0.15, 0.2) is 23.1 Å². The zero-order chi connectivity index (χ0) is 18.4. The molecule has 1 aliphatic carbocycles. The van der Waals surface area contributed by atoms with Gasteiger partial charge in [-0.1, -0.05) is 18.5 Å². The van der Waals surface area contributed by atoms with Crippen LogP contribution in [-0.2, 0) is 6.42 Å². The molecule has 0 saturated heterocycles. The first-order valence-electron chi connectivity index (χ1n) is 9.27. The summed E-state index contributed by atoms with van der Waals surface area (Å²) in [5.74, 6) is 1.84. The summed E-state index contributed by atoms with van der Waals surface area (Å²) in [4.78, 5) is 19.8. The molecule has 2 aliphatic rings. The number of nitrogens with zero attached hydrogens (tertiary/aromatic N) is 3. The fraction of sp³-hybridized carbons (Fsp3) is 0.500. The molecule has 0 amide bonds. The molecule has 0 unspecified atom stereocenters. The molecule has 138 valence electrons. The van der Waals surface area contributed by atoms with Crippen molar-refractivity contribution in [2.75, 3.05) is 18.6 Å². The smallest absolute Gasteiger partial charge is 0.294 e. The van der Waals surface area contributed by atoms with Crippen molar-refractivity contribution in [1.82, 2.24) is 9.55 Å². The molecule has 4 rings (SSSR count). The Kier molecular flexibility index (Phi) is 4.43. The number of aryl methyl sites for hydroxylation is 1.